The summed E-state index contributed by atoms with van der Waals surface area (Å²) in [5.74, 6) is 0.148. The predicted molar refractivity (Wildman–Crippen MR) is 91.3 cm³/mol. The van der Waals surface area contributed by atoms with Gasteiger partial charge in [0.05, 0.1) is 17.4 Å². The molecular formula is C14H23Cl2N3OS. The van der Waals surface area contributed by atoms with Gasteiger partial charge in [-0.25, -0.2) is 0 Å². The van der Waals surface area contributed by atoms with Crippen molar-refractivity contribution in [2.45, 2.75) is 31.8 Å². The van der Waals surface area contributed by atoms with Gasteiger partial charge in [-0.15, -0.1) is 23.7 Å². The fourth-order valence-electron chi connectivity index (χ4n) is 2.59. The lowest BCUT2D eigenvalue weighted by molar-refractivity contribution is -0.132. The van der Waals surface area contributed by atoms with Gasteiger partial charge < -0.3 is 10.6 Å². The molecule has 7 heteroatoms. The summed E-state index contributed by atoms with van der Waals surface area (Å²) in [6, 6.07) is 4.20. The minimum atomic E-state index is 0. The number of piperidine rings is 1. The second kappa shape index (κ2) is 8.96. The number of carbonyl (C=O) groups is 1. The maximum Gasteiger partial charge on any atom is 0.236 e. The van der Waals surface area contributed by atoms with Crippen LogP contribution in [0, 0.1) is 0 Å². The number of likely N-dealkylation sites (tertiary alicyclic amines) is 1. The Morgan fingerprint density at radius 3 is 2.90 bits per heavy atom. The highest BCUT2D eigenvalue weighted by molar-refractivity contribution is 7.16. The molecule has 1 aliphatic heterocycles. The molecule has 2 N–H and O–H groups in total. The fraction of sp³-hybridized carbons (Fsp3) is 0.643. The highest BCUT2D eigenvalue weighted by atomic mass is 35.5. The Morgan fingerprint density at radius 2 is 2.29 bits per heavy atom. The second-order valence-corrected chi connectivity index (χ2v) is 7.11. The van der Waals surface area contributed by atoms with Gasteiger partial charge in [0.25, 0.3) is 0 Å². The Labute approximate surface area is 141 Å². The van der Waals surface area contributed by atoms with Gasteiger partial charge >= 0.3 is 0 Å². The lowest BCUT2D eigenvalue weighted by Gasteiger charge is -2.35. The van der Waals surface area contributed by atoms with E-state index in [0.29, 0.717) is 25.7 Å². The normalized spacial score (nSPS) is 19.1. The molecule has 21 heavy (non-hydrogen) atoms. The van der Waals surface area contributed by atoms with Crippen molar-refractivity contribution < 1.29 is 4.79 Å². The molecule has 2 rings (SSSR count). The summed E-state index contributed by atoms with van der Waals surface area (Å²) in [4.78, 5) is 17.4. The van der Waals surface area contributed by atoms with Crippen molar-refractivity contribution in [1.82, 2.24) is 9.80 Å². The first kappa shape index (κ1) is 18.7. The molecule has 0 radical (unpaired) electrons. The molecule has 120 valence electrons. The molecule has 1 saturated heterocycles. The quantitative estimate of drug-likeness (QED) is 0.886. The summed E-state index contributed by atoms with van der Waals surface area (Å²) in [5, 5.41) is 0. The number of thiophene rings is 1. The highest BCUT2D eigenvalue weighted by Crippen LogP contribution is 2.22. The molecule has 1 unspecified atom stereocenters. The van der Waals surface area contributed by atoms with Gasteiger partial charge in [0, 0.05) is 24.5 Å². The van der Waals surface area contributed by atoms with E-state index in [2.05, 4.69) is 4.90 Å². The molecule has 1 atom stereocenters. The summed E-state index contributed by atoms with van der Waals surface area (Å²) < 4.78 is 0.764. The molecule has 1 fully saturated rings. The van der Waals surface area contributed by atoms with Crippen LogP contribution in [0.3, 0.4) is 0 Å². The first-order valence-corrected chi connectivity index (χ1v) is 8.22. The fourth-order valence-corrected chi connectivity index (χ4v) is 3.73. The molecule has 0 bridgehead atoms. The van der Waals surface area contributed by atoms with Gasteiger partial charge in [-0.1, -0.05) is 18.0 Å². The number of amides is 1. The van der Waals surface area contributed by atoms with Gasteiger partial charge in [-0.2, -0.15) is 0 Å². The predicted octanol–water partition coefficient (Wildman–Crippen LogP) is 2.59. The molecule has 1 aromatic heterocycles. The van der Waals surface area contributed by atoms with Crippen LogP contribution in [0.1, 0.15) is 24.1 Å². The molecule has 1 aromatic rings. The molecule has 2 heterocycles. The molecule has 0 spiro atoms. The minimum Gasteiger partial charge on any atom is -0.340 e. The van der Waals surface area contributed by atoms with Gasteiger partial charge in [-0.05, 0) is 31.5 Å². The number of likely N-dealkylation sites (N-methyl/N-ethyl adjacent to an activating group) is 1. The number of hydrogen-bond acceptors (Lipinski definition) is 4. The highest BCUT2D eigenvalue weighted by Gasteiger charge is 2.24. The Bertz CT molecular complexity index is 455. The summed E-state index contributed by atoms with van der Waals surface area (Å²) in [5.41, 5.74) is 5.79. The first-order valence-electron chi connectivity index (χ1n) is 7.02. The Hall–Kier alpha value is -0.330. The van der Waals surface area contributed by atoms with Crippen molar-refractivity contribution in [2.75, 3.05) is 26.7 Å². The zero-order valence-electron chi connectivity index (χ0n) is 12.3. The lowest BCUT2D eigenvalue weighted by atomic mass is 10.0. The third-order valence-electron chi connectivity index (χ3n) is 3.81. The maximum absolute atomic E-state index is 12.3. The second-order valence-electron chi connectivity index (χ2n) is 5.31. The van der Waals surface area contributed by atoms with Crippen LogP contribution in [0.4, 0.5) is 0 Å². The molecule has 0 saturated carbocycles. The Kier molecular flexibility index (Phi) is 7.98. The smallest absolute Gasteiger partial charge is 0.236 e. The molecule has 1 aliphatic rings. The van der Waals surface area contributed by atoms with E-state index < -0.39 is 0 Å². The van der Waals surface area contributed by atoms with Crippen LogP contribution in [-0.4, -0.2) is 48.4 Å². The molecule has 0 aliphatic carbocycles. The van der Waals surface area contributed by atoms with Crippen molar-refractivity contribution in [1.29, 1.82) is 0 Å². The molecule has 4 nitrogen and oxygen atoms in total. The summed E-state index contributed by atoms with van der Waals surface area (Å²) in [7, 11) is 1.84. The van der Waals surface area contributed by atoms with Crippen LogP contribution in [0.2, 0.25) is 4.34 Å². The van der Waals surface area contributed by atoms with E-state index in [-0.39, 0.29) is 18.3 Å². The number of hydrogen-bond donors (Lipinski definition) is 1. The van der Waals surface area contributed by atoms with E-state index >= 15 is 0 Å². The zero-order valence-corrected chi connectivity index (χ0v) is 14.6. The zero-order chi connectivity index (χ0) is 14.5. The van der Waals surface area contributed by atoms with E-state index in [0.717, 1.165) is 28.6 Å². The number of halogens is 2. The van der Waals surface area contributed by atoms with Crippen LogP contribution < -0.4 is 5.73 Å². The standard InChI is InChI=1S/C14H22ClN3OS.ClH/c1-17(9-12-5-6-13(15)20-12)14(19)10-18-7-3-2-4-11(18)8-16;/h5-6,11H,2-4,7-10,16H2,1H3;1H. The van der Waals surface area contributed by atoms with Gasteiger partial charge in [-0.3, -0.25) is 9.69 Å². The molecule has 1 amide bonds. The van der Waals surface area contributed by atoms with E-state index in [1.54, 1.807) is 4.90 Å². The third kappa shape index (κ3) is 5.42. The summed E-state index contributed by atoms with van der Waals surface area (Å²) in [6.45, 7) is 2.71. The average Bonchev–Trinajstić information content (AvgIpc) is 2.84. The monoisotopic (exact) mass is 351 g/mol. The van der Waals surface area contributed by atoms with Gasteiger partial charge in [0.15, 0.2) is 0 Å². The summed E-state index contributed by atoms with van der Waals surface area (Å²) >= 11 is 7.43. The third-order valence-corrected chi connectivity index (χ3v) is 5.02. The van der Waals surface area contributed by atoms with Crippen LogP contribution in [0.5, 0.6) is 0 Å². The van der Waals surface area contributed by atoms with E-state index in [1.807, 2.05) is 19.2 Å². The number of rotatable bonds is 5. The number of carbonyl (C=O) groups excluding carboxylic acids is 1. The number of nitrogens with zero attached hydrogens (tertiary/aromatic N) is 2. The maximum atomic E-state index is 12.3. The van der Waals surface area contributed by atoms with E-state index in [1.165, 1.54) is 17.8 Å². The van der Waals surface area contributed by atoms with Gasteiger partial charge in [0.2, 0.25) is 5.91 Å². The van der Waals surface area contributed by atoms with E-state index in [4.69, 9.17) is 17.3 Å². The largest absolute Gasteiger partial charge is 0.340 e. The lowest BCUT2D eigenvalue weighted by Crippen LogP contribution is -2.48. The van der Waals surface area contributed by atoms with Crippen molar-refractivity contribution in [3.63, 3.8) is 0 Å². The van der Waals surface area contributed by atoms with Gasteiger partial charge in [0.1, 0.15) is 0 Å². The average molecular weight is 352 g/mol. The van der Waals surface area contributed by atoms with Crippen molar-refractivity contribution in [2.24, 2.45) is 5.73 Å². The van der Waals surface area contributed by atoms with Crippen LogP contribution >= 0.6 is 35.3 Å². The topological polar surface area (TPSA) is 49.6 Å². The van der Waals surface area contributed by atoms with Crippen LogP contribution in [-0.2, 0) is 11.3 Å². The first-order chi connectivity index (χ1) is 9.60. The van der Waals surface area contributed by atoms with E-state index in [9.17, 15) is 4.79 Å². The van der Waals surface area contributed by atoms with Crippen LogP contribution in [0.25, 0.3) is 0 Å². The molecule has 0 aromatic carbocycles. The van der Waals surface area contributed by atoms with Crippen LogP contribution in [0.15, 0.2) is 12.1 Å². The summed E-state index contributed by atoms with van der Waals surface area (Å²) in [6.07, 6.45) is 3.48. The molecular weight excluding hydrogens is 329 g/mol. The Balaban J connectivity index is 0.00000220. The SMILES string of the molecule is CN(Cc1ccc(Cl)s1)C(=O)CN1CCCCC1CN.Cl. The number of nitrogens with two attached hydrogens (primary N) is 1. The van der Waals surface area contributed by atoms with Crippen molar-refractivity contribution >= 4 is 41.3 Å². The minimum absolute atomic E-state index is 0. The van der Waals surface area contributed by atoms with Crippen molar-refractivity contribution in [3.05, 3.63) is 21.3 Å². The Morgan fingerprint density at radius 1 is 1.52 bits per heavy atom. The van der Waals surface area contributed by atoms with Crippen molar-refractivity contribution in [3.8, 4) is 0 Å².